The van der Waals surface area contributed by atoms with Crippen LogP contribution in [-0.2, 0) is 0 Å². The van der Waals surface area contributed by atoms with Crippen LogP contribution in [0, 0.1) is 6.92 Å². The number of aromatic nitrogens is 2. The number of benzene rings is 8. The van der Waals surface area contributed by atoms with Crippen LogP contribution in [0.1, 0.15) is 5.56 Å². The zero-order valence-corrected chi connectivity index (χ0v) is 31.1. The molecule has 4 heteroatoms. The maximum atomic E-state index is 6.33. The van der Waals surface area contributed by atoms with E-state index in [0.717, 1.165) is 105 Å². The van der Waals surface area contributed by atoms with Gasteiger partial charge < -0.3 is 8.83 Å². The van der Waals surface area contributed by atoms with E-state index in [0.29, 0.717) is 5.82 Å². The second-order valence-electron chi connectivity index (χ2n) is 14.6. The Morgan fingerprint density at radius 1 is 0.333 bits per heavy atom. The molecule has 4 nitrogen and oxygen atoms in total. The number of hydrogen-bond donors (Lipinski definition) is 0. The van der Waals surface area contributed by atoms with Gasteiger partial charge in [0.2, 0.25) is 0 Å². The van der Waals surface area contributed by atoms with Crippen molar-refractivity contribution in [2.24, 2.45) is 0 Å². The van der Waals surface area contributed by atoms with E-state index in [1.807, 2.05) is 30.3 Å². The summed E-state index contributed by atoms with van der Waals surface area (Å²) in [6, 6.07) is 65.6. The molecule has 11 rings (SSSR count). The highest BCUT2D eigenvalue weighted by molar-refractivity contribution is 6.13. The average molecular weight is 731 g/mol. The highest BCUT2D eigenvalue weighted by Gasteiger charge is 2.17. The Morgan fingerprint density at radius 3 is 1.53 bits per heavy atom. The molecule has 0 unspecified atom stereocenters. The van der Waals surface area contributed by atoms with Crippen molar-refractivity contribution in [1.82, 2.24) is 9.97 Å². The van der Waals surface area contributed by atoms with Gasteiger partial charge >= 0.3 is 0 Å². The molecular weight excluding hydrogens is 697 g/mol. The molecule has 0 spiro atoms. The molecule has 0 saturated carbocycles. The quantitative estimate of drug-likeness (QED) is 0.171. The highest BCUT2D eigenvalue weighted by Crippen LogP contribution is 2.40. The first kappa shape index (κ1) is 32.8. The SMILES string of the molecule is Cc1ccc2c(c1)oc1cccc(-c3cccc(-c4nc(-c5cccc(-c6ccccc6)c5)cc(-c5cccc(-c6cccc7oc8ccccc8c67)c5)n4)c3)c12. The summed E-state index contributed by atoms with van der Waals surface area (Å²) in [6.07, 6.45) is 0. The zero-order valence-electron chi connectivity index (χ0n) is 31.1. The monoisotopic (exact) mass is 730 g/mol. The molecule has 0 fully saturated rings. The summed E-state index contributed by atoms with van der Waals surface area (Å²) in [4.78, 5) is 10.6. The van der Waals surface area contributed by atoms with Crippen molar-refractivity contribution in [2.45, 2.75) is 6.92 Å². The van der Waals surface area contributed by atoms with Crippen molar-refractivity contribution < 1.29 is 8.83 Å². The smallest absolute Gasteiger partial charge is 0.160 e. The second-order valence-corrected chi connectivity index (χ2v) is 14.6. The van der Waals surface area contributed by atoms with E-state index >= 15 is 0 Å². The van der Waals surface area contributed by atoms with Crippen molar-refractivity contribution >= 4 is 43.9 Å². The Morgan fingerprint density at radius 2 is 0.825 bits per heavy atom. The van der Waals surface area contributed by atoms with Gasteiger partial charge in [0.25, 0.3) is 0 Å². The van der Waals surface area contributed by atoms with Crippen LogP contribution >= 0.6 is 0 Å². The molecule has 0 radical (unpaired) electrons. The number of aryl methyl sites for hydroxylation is 1. The van der Waals surface area contributed by atoms with E-state index in [4.69, 9.17) is 18.8 Å². The normalized spacial score (nSPS) is 11.6. The third-order valence-corrected chi connectivity index (χ3v) is 10.9. The van der Waals surface area contributed by atoms with Gasteiger partial charge in [0.05, 0.1) is 11.4 Å². The highest BCUT2D eigenvalue weighted by atomic mass is 16.3. The topological polar surface area (TPSA) is 52.1 Å². The van der Waals surface area contributed by atoms with Gasteiger partial charge in [0.15, 0.2) is 5.82 Å². The van der Waals surface area contributed by atoms with Crippen LogP contribution < -0.4 is 0 Å². The average Bonchev–Trinajstić information content (AvgIpc) is 3.85. The third-order valence-electron chi connectivity index (χ3n) is 10.9. The van der Waals surface area contributed by atoms with Crippen LogP contribution in [0.2, 0.25) is 0 Å². The molecule has 0 bridgehead atoms. The van der Waals surface area contributed by atoms with Crippen molar-refractivity contribution in [3.8, 4) is 67.3 Å². The molecule has 8 aromatic carbocycles. The first-order chi connectivity index (χ1) is 28.1. The molecule has 3 heterocycles. The van der Waals surface area contributed by atoms with Crippen molar-refractivity contribution in [3.63, 3.8) is 0 Å². The van der Waals surface area contributed by atoms with Gasteiger partial charge in [-0.1, -0.05) is 140 Å². The van der Waals surface area contributed by atoms with Crippen LogP contribution in [0.4, 0.5) is 0 Å². The van der Waals surface area contributed by atoms with E-state index in [9.17, 15) is 0 Å². The summed E-state index contributed by atoms with van der Waals surface area (Å²) in [6.45, 7) is 2.09. The molecule has 3 aromatic heterocycles. The maximum Gasteiger partial charge on any atom is 0.160 e. The molecule has 57 heavy (non-hydrogen) atoms. The predicted octanol–water partition coefficient (Wildman–Crippen LogP) is 14.6. The largest absolute Gasteiger partial charge is 0.456 e. The number of nitrogens with zero attached hydrogens (tertiary/aromatic N) is 2. The fourth-order valence-corrected chi connectivity index (χ4v) is 8.22. The number of para-hydroxylation sites is 1. The molecular formula is C53H34N2O2. The second kappa shape index (κ2) is 13.3. The Bertz CT molecular complexity index is 3320. The Hall–Kier alpha value is -7.56. The fraction of sp³-hybridized carbons (Fsp3) is 0.0189. The summed E-state index contributed by atoms with van der Waals surface area (Å²) in [7, 11) is 0. The summed E-state index contributed by atoms with van der Waals surface area (Å²) in [5.74, 6) is 0.655. The fourth-order valence-electron chi connectivity index (χ4n) is 8.22. The van der Waals surface area contributed by atoms with Gasteiger partial charge in [0, 0.05) is 38.2 Å². The number of hydrogen-bond acceptors (Lipinski definition) is 4. The molecule has 0 saturated heterocycles. The molecule has 0 aliphatic carbocycles. The molecule has 0 aliphatic heterocycles. The van der Waals surface area contributed by atoms with Crippen molar-refractivity contribution in [1.29, 1.82) is 0 Å². The lowest BCUT2D eigenvalue weighted by Gasteiger charge is -2.13. The molecule has 0 N–H and O–H groups in total. The number of furan rings is 2. The summed E-state index contributed by atoms with van der Waals surface area (Å²) in [5.41, 5.74) is 16.0. The van der Waals surface area contributed by atoms with Gasteiger partial charge in [-0.25, -0.2) is 9.97 Å². The minimum absolute atomic E-state index is 0.655. The molecule has 11 aromatic rings. The van der Waals surface area contributed by atoms with E-state index < -0.39 is 0 Å². The maximum absolute atomic E-state index is 6.33. The van der Waals surface area contributed by atoms with Crippen LogP contribution in [0.25, 0.3) is 111 Å². The van der Waals surface area contributed by atoms with Crippen molar-refractivity contribution in [2.75, 3.05) is 0 Å². The third kappa shape index (κ3) is 5.78. The van der Waals surface area contributed by atoms with E-state index in [-0.39, 0.29) is 0 Å². The van der Waals surface area contributed by atoms with Gasteiger partial charge in [0.1, 0.15) is 22.3 Å². The van der Waals surface area contributed by atoms with Crippen LogP contribution in [0.5, 0.6) is 0 Å². The number of rotatable bonds is 6. The van der Waals surface area contributed by atoms with Gasteiger partial charge in [-0.3, -0.25) is 0 Å². The zero-order chi connectivity index (χ0) is 37.9. The molecule has 0 amide bonds. The Kier molecular flexibility index (Phi) is 7.68. The number of fused-ring (bicyclic) bond motifs is 6. The lowest BCUT2D eigenvalue weighted by molar-refractivity contribution is 0.668. The molecule has 0 aliphatic rings. The van der Waals surface area contributed by atoms with Crippen molar-refractivity contribution in [3.05, 3.63) is 194 Å². The van der Waals surface area contributed by atoms with E-state index in [2.05, 4.69) is 165 Å². The Balaban J connectivity index is 1.08. The first-order valence-corrected chi connectivity index (χ1v) is 19.2. The summed E-state index contributed by atoms with van der Waals surface area (Å²) in [5, 5.41) is 4.43. The standard InChI is InChI=1S/C53H34N2O2/c1-33-26-27-44-50(28-33)57-49-25-11-22-42(52(44)49)37-16-9-19-40(31-37)53-54-45(38-17-7-14-35(29-38)34-12-3-2-4-13-34)32-46(55-53)39-18-8-15-36(30-39)41-21-10-24-48-51(41)43-20-5-6-23-47(43)56-48/h2-32H,1H3. The minimum Gasteiger partial charge on any atom is -0.456 e. The molecule has 0 atom stereocenters. The minimum atomic E-state index is 0.655. The van der Waals surface area contributed by atoms with Gasteiger partial charge in [-0.15, -0.1) is 0 Å². The van der Waals surface area contributed by atoms with E-state index in [1.54, 1.807) is 0 Å². The first-order valence-electron chi connectivity index (χ1n) is 19.2. The Labute approximate surface area is 329 Å². The van der Waals surface area contributed by atoms with E-state index in [1.165, 1.54) is 5.56 Å². The lowest BCUT2D eigenvalue weighted by atomic mass is 9.96. The summed E-state index contributed by atoms with van der Waals surface area (Å²) >= 11 is 0. The van der Waals surface area contributed by atoms with Gasteiger partial charge in [-0.05, 0) is 94.4 Å². The predicted molar refractivity (Wildman–Crippen MR) is 234 cm³/mol. The molecule has 268 valence electrons. The summed E-state index contributed by atoms with van der Waals surface area (Å²) < 4.78 is 12.6. The lowest BCUT2D eigenvalue weighted by Crippen LogP contribution is -1.97. The van der Waals surface area contributed by atoms with Gasteiger partial charge in [-0.2, -0.15) is 0 Å². The van der Waals surface area contributed by atoms with Crippen LogP contribution in [0.15, 0.2) is 197 Å². The van der Waals surface area contributed by atoms with Crippen LogP contribution in [-0.4, -0.2) is 9.97 Å². The van der Waals surface area contributed by atoms with Crippen LogP contribution in [0.3, 0.4) is 0 Å².